The highest BCUT2D eigenvalue weighted by atomic mass is 16.5. The van der Waals surface area contributed by atoms with Gasteiger partial charge in [-0.05, 0) is 48.6 Å². The number of methoxy groups -OCH3 is 1. The number of aromatic nitrogens is 1. The molecular formula is C27H27N3O3. The molecule has 6 heteroatoms. The third-order valence-corrected chi connectivity index (χ3v) is 5.66. The number of ether oxygens (including phenoxy) is 1. The number of rotatable bonds is 6. The average Bonchev–Trinajstić information content (AvgIpc) is 2.81. The Morgan fingerprint density at radius 1 is 0.970 bits per heavy atom. The van der Waals surface area contributed by atoms with Gasteiger partial charge < -0.3 is 19.9 Å². The highest BCUT2D eigenvalue weighted by molar-refractivity contribution is 5.91. The van der Waals surface area contributed by atoms with E-state index in [1.165, 1.54) is 0 Å². The molecule has 0 atom stereocenters. The van der Waals surface area contributed by atoms with E-state index in [4.69, 9.17) is 4.74 Å². The summed E-state index contributed by atoms with van der Waals surface area (Å²) in [7, 11) is 1.56. The third kappa shape index (κ3) is 5.06. The molecule has 4 aromatic rings. The van der Waals surface area contributed by atoms with Gasteiger partial charge in [0, 0.05) is 12.1 Å². The molecule has 33 heavy (non-hydrogen) atoms. The highest BCUT2D eigenvalue weighted by Crippen LogP contribution is 2.24. The molecule has 0 spiro atoms. The number of H-pyrrole nitrogens is 1. The summed E-state index contributed by atoms with van der Waals surface area (Å²) >= 11 is 0. The van der Waals surface area contributed by atoms with E-state index in [1.54, 1.807) is 24.1 Å². The van der Waals surface area contributed by atoms with Crippen LogP contribution in [0.5, 0.6) is 5.75 Å². The lowest BCUT2D eigenvalue weighted by molar-refractivity contribution is 0.206. The van der Waals surface area contributed by atoms with Gasteiger partial charge in [0.25, 0.3) is 5.56 Å². The number of urea groups is 1. The maximum atomic E-state index is 13.3. The number of anilines is 1. The fourth-order valence-corrected chi connectivity index (χ4v) is 3.81. The fourth-order valence-electron chi connectivity index (χ4n) is 3.81. The van der Waals surface area contributed by atoms with Gasteiger partial charge in [0.05, 0.1) is 24.9 Å². The molecular weight excluding hydrogens is 414 g/mol. The SMILES string of the molecule is COc1ccccc1NC(=O)N(Cc1ccc(C)cc1)Cc1cc2cccc(C)c2[nH]c1=O. The van der Waals surface area contributed by atoms with E-state index in [1.807, 2.05) is 74.5 Å². The van der Waals surface area contributed by atoms with Crippen LogP contribution in [-0.4, -0.2) is 23.0 Å². The lowest BCUT2D eigenvalue weighted by atomic mass is 10.1. The molecule has 2 amide bonds. The molecule has 0 aliphatic heterocycles. The highest BCUT2D eigenvalue weighted by Gasteiger charge is 2.18. The Labute approximate surface area is 192 Å². The largest absolute Gasteiger partial charge is 0.495 e. The van der Waals surface area contributed by atoms with Gasteiger partial charge >= 0.3 is 6.03 Å². The quantitative estimate of drug-likeness (QED) is 0.421. The summed E-state index contributed by atoms with van der Waals surface area (Å²) in [6.45, 7) is 4.50. The van der Waals surface area contributed by atoms with Crippen LogP contribution in [-0.2, 0) is 13.1 Å². The normalized spacial score (nSPS) is 10.8. The predicted octanol–water partition coefficient (Wildman–Crippen LogP) is 5.39. The van der Waals surface area contributed by atoms with Gasteiger partial charge in [0.15, 0.2) is 0 Å². The second kappa shape index (κ2) is 9.61. The van der Waals surface area contributed by atoms with Crippen molar-refractivity contribution < 1.29 is 9.53 Å². The topological polar surface area (TPSA) is 74.4 Å². The molecule has 0 aliphatic rings. The van der Waals surface area contributed by atoms with Gasteiger partial charge in [0.1, 0.15) is 5.75 Å². The minimum atomic E-state index is -0.316. The number of hydrogen-bond acceptors (Lipinski definition) is 3. The minimum absolute atomic E-state index is 0.161. The van der Waals surface area contributed by atoms with Crippen molar-refractivity contribution in [3.63, 3.8) is 0 Å². The molecule has 0 aliphatic carbocycles. The first-order valence-electron chi connectivity index (χ1n) is 10.8. The average molecular weight is 442 g/mol. The van der Waals surface area contributed by atoms with Crippen LogP contribution >= 0.6 is 0 Å². The van der Waals surface area contributed by atoms with Crippen LogP contribution in [0.15, 0.2) is 77.6 Å². The number of nitrogens with zero attached hydrogens (tertiary/aromatic N) is 1. The number of amides is 2. The zero-order valence-electron chi connectivity index (χ0n) is 19.0. The van der Waals surface area contributed by atoms with Crippen LogP contribution in [0.1, 0.15) is 22.3 Å². The second-order valence-corrected chi connectivity index (χ2v) is 8.13. The molecule has 4 rings (SSSR count). The Bertz CT molecular complexity index is 1340. The Morgan fingerprint density at radius 2 is 1.73 bits per heavy atom. The molecule has 1 aromatic heterocycles. The summed E-state index contributed by atoms with van der Waals surface area (Å²) in [5.41, 5.74) is 4.83. The first-order chi connectivity index (χ1) is 15.9. The summed E-state index contributed by atoms with van der Waals surface area (Å²) in [6, 6.07) is 22.7. The lowest BCUT2D eigenvalue weighted by Gasteiger charge is -2.24. The number of benzene rings is 3. The van der Waals surface area contributed by atoms with Crippen molar-refractivity contribution in [1.29, 1.82) is 0 Å². The molecule has 0 saturated carbocycles. The zero-order valence-corrected chi connectivity index (χ0v) is 19.0. The Kier molecular flexibility index (Phi) is 6.45. The van der Waals surface area contributed by atoms with E-state index in [0.29, 0.717) is 23.5 Å². The number of carbonyl (C=O) groups excluding carboxylic acids is 1. The Balaban J connectivity index is 1.67. The third-order valence-electron chi connectivity index (χ3n) is 5.66. The van der Waals surface area contributed by atoms with Gasteiger partial charge in [-0.1, -0.05) is 60.2 Å². The van der Waals surface area contributed by atoms with Crippen LogP contribution in [0.4, 0.5) is 10.5 Å². The standard InChI is InChI=1S/C27H27N3O3/c1-18-11-13-20(14-12-18)16-30(27(32)28-23-9-4-5-10-24(23)33-3)17-22-15-21-8-6-7-19(2)25(21)29-26(22)31/h4-15H,16-17H2,1-3H3,(H,28,32)(H,29,31). The molecule has 0 bridgehead atoms. The van der Waals surface area contributed by atoms with Gasteiger partial charge in [-0.3, -0.25) is 4.79 Å². The van der Waals surface area contributed by atoms with Crippen molar-refractivity contribution in [2.24, 2.45) is 0 Å². The smallest absolute Gasteiger partial charge is 0.322 e. The maximum Gasteiger partial charge on any atom is 0.322 e. The number of nitrogens with one attached hydrogen (secondary N) is 2. The van der Waals surface area contributed by atoms with Crippen molar-refractivity contribution in [3.05, 3.63) is 105 Å². The first kappa shape index (κ1) is 22.1. The summed E-state index contributed by atoms with van der Waals surface area (Å²) in [5, 5.41) is 3.86. The molecule has 0 radical (unpaired) electrons. The van der Waals surface area contributed by atoms with Crippen LogP contribution < -0.4 is 15.6 Å². The molecule has 3 aromatic carbocycles. The van der Waals surface area contributed by atoms with Crippen molar-refractivity contribution in [2.45, 2.75) is 26.9 Å². The first-order valence-corrected chi connectivity index (χ1v) is 10.8. The lowest BCUT2D eigenvalue weighted by Crippen LogP contribution is -2.35. The summed E-state index contributed by atoms with van der Waals surface area (Å²) in [6.07, 6.45) is 0. The van der Waals surface area contributed by atoms with Crippen LogP contribution in [0, 0.1) is 13.8 Å². The van der Waals surface area contributed by atoms with E-state index in [2.05, 4.69) is 10.3 Å². The van der Waals surface area contributed by atoms with Crippen LogP contribution in [0.2, 0.25) is 0 Å². The van der Waals surface area contributed by atoms with Crippen LogP contribution in [0.3, 0.4) is 0 Å². The number of carbonyl (C=O) groups is 1. The van der Waals surface area contributed by atoms with E-state index < -0.39 is 0 Å². The van der Waals surface area contributed by atoms with E-state index in [0.717, 1.165) is 27.6 Å². The van der Waals surface area contributed by atoms with E-state index in [-0.39, 0.29) is 18.1 Å². The minimum Gasteiger partial charge on any atom is -0.495 e. The summed E-state index contributed by atoms with van der Waals surface area (Å²) < 4.78 is 5.37. The Hall–Kier alpha value is -4.06. The van der Waals surface area contributed by atoms with Crippen molar-refractivity contribution in [3.8, 4) is 5.75 Å². The fraction of sp³-hybridized carbons (Fsp3) is 0.185. The number of pyridine rings is 1. The van der Waals surface area contributed by atoms with Gasteiger partial charge in [-0.2, -0.15) is 0 Å². The molecule has 6 nitrogen and oxygen atoms in total. The maximum absolute atomic E-state index is 13.3. The van der Waals surface area contributed by atoms with Crippen molar-refractivity contribution >= 4 is 22.6 Å². The molecule has 1 heterocycles. The predicted molar refractivity (Wildman–Crippen MR) is 132 cm³/mol. The number of para-hydroxylation sites is 3. The zero-order chi connectivity index (χ0) is 23.4. The monoisotopic (exact) mass is 441 g/mol. The number of fused-ring (bicyclic) bond motifs is 1. The van der Waals surface area contributed by atoms with E-state index >= 15 is 0 Å². The summed E-state index contributed by atoms with van der Waals surface area (Å²) in [5.74, 6) is 0.570. The molecule has 0 fully saturated rings. The number of hydrogen-bond donors (Lipinski definition) is 2. The van der Waals surface area contributed by atoms with Gasteiger partial charge in [-0.15, -0.1) is 0 Å². The summed E-state index contributed by atoms with van der Waals surface area (Å²) in [4.78, 5) is 30.8. The van der Waals surface area contributed by atoms with Crippen LogP contribution in [0.25, 0.3) is 10.9 Å². The van der Waals surface area contributed by atoms with Gasteiger partial charge in [0.2, 0.25) is 0 Å². The van der Waals surface area contributed by atoms with Crippen molar-refractivity contribution in [1.82, 2.24) is 9.88 Å². The van der Waals surface area contributed by atoms with Crippen molar-refractivity contribution in [2.75, 3.05) is 12.4 Å². The van der Waals surface area contributed by atoms with E-state index in [9.17, 15) is 9.59 Å². The molecule has 0 unspecified atom stereocenters. The Morgan fingerprint density at radius 3 is 2.48 bits per heavy atom. The molecule has 0 saturated heterocycles. The number of aryl methyl sites for hydroxylation is 2. The van der Waals surface area contributed by atoms with Gasteiger partial charge in [-0.25, -0.2) is 4.79 Å². The molecule has 168 valence electrons. The molecule has 2 N–H and O–H groups in total. The number of aromatic amines is 1. The second-order valence-electron chi connectivity index (χ2n) is 8.13.